The lowest BCUT2D eigenvalue weighted by molar-refractivity contribution is 0.672. The highest BCUT2D eigenvalue weighted by Crippen LogP contribution is 2.57. The fourth-order valence-electron chi connectivity index (χ4n) is 11.9. The molecule has 0 aliphatic heterocycles. The van der Waals surface area contributed by atoms with E-state index in [1.807, 2.05) is 12.1 Å². The number of benzene rings is 12. The van der Waals surface area contributed by atoms with Crippen LogP contribution in [-0.4, -0.2) is 0 Å². The van der Waals surface area contributed by atoms with E-state index in [9.17, 15) is 0 Å². The minimum absolute atomic E-state index is 0.545. The quantitative estimate of drug-likeness (QED) is 0.161. The Morgan fingerprint density at radius 1 is 0.294 bits per heavy atom. The van der Waals surface area contributed by atoms with E-state index in [-0.39, 0.29) is 0 Å². The molecule has 0 atom stereocenters. The summed E-state index contributed by atoms with van der Waals surface area (Å²) in [5.74, 6) is 0. The Bertz CT molecular complexity index is 4160. The van der Waals surface area contributed by atoms with E-state index >= 15 is 0 Å². The molecule has 0 amide bonds. The minimum Gasteiger partial charge on any atom is -0.455 e. The Labute approximate surface area is 391 Å². The lowest BCUT2D eigenvalue weighted by Crippen LogP contribution is -2.28. The maximum Gasteiger partial charge on any atom is 0.143 e. The molecule has 0 spiro atoms. The number of rotatable bonds is 5. The molecule has 316 valence electrons. The van der Waals surface area contributed by atoms with Gasteiger partial charge in [0.2, 0.25) is 0 Å². The first-order valence-corrected chi connectivity index (χ1v) is 23.4. The van der Waals surface area contributed by atoms with Crippen molar-refractivity contribution in [1.82, 2.24) is 0 Å². The van der Waals surface area contributed by atoms with Crippen molar-refractivity contribution in [3.05, 3.63) is 259 Å². The number of hydrogen-bond donors (Lipinski definition) is 0. The predicted molar refractivity (Wildman–Crippen MR) is 283 cm³/mol. The molecule has 12 aromatic carbocycles. The summed E-state index contributed by atoms with van der Waals surface area (Å²) in [6.07, 6.45) is 0. The Morgan fingerprint density at radius 2 is 0.721 bits per heavy atom. The largest absolute Gasteiger partial charge is 0.455 e. The number of nitrogens with zero attached hydrogens (tertiary/aromatic N) is 1. The second kappa shape index (κ2) is 14.0. The zero-order valence-corrected chi connectivity index (χ0v) is 36.8. The van der Waals surface area contributed by atoms with Crippen LogP contribution in [0.2, 0.25) is 0 Å². The van der Waals surface area contributed by atoms with Gasteiger partial charge in [0.15, 0.2) is 0 Å². The lowest BCUT2D eigenvalue weighted by Gasteiger charge is -2.35. The Balaban J connectivity index is 0.992. The normalized spacial score (nSPS) is 13.1. The number of anilines is 3. The zero-order valence-electron chi connectivity index (χ0n) is 36.8. The summed E-state index contributed by atoms with van der Waals surface area (Å²) in [4.78, 5) is 2.45. The van der Waals surface area contributed by atoms with Crippen molar-refractivity contribution in [3.8, 4) is 11.1 Å². The topological polar surface area (TPSA) is 29.5 Å². The van der Waals surface area contributed by atoms with Gasteiger partial charge in [-0.1, -0.05) is 176 Å². The van der Waals surface area contributed by atoms with Crippen LogP contribution in [-0.2, 0) is 5.41 Å². The second-order valence-corrected chi connectivity index (χ2v) is 18.3. The molecule has 0 saturated heterocycles. The van der Waals surface area contributed by atoms with Crippen LogP contribution in [0.5, 0.6) is 0 Å². The van der Waals surface area contributed by atoms with Crippen molar-refractivity contribution in [3.63, 3.8) is 0 Å². The monoisotopic (exact) mass is 865 g/mol. The van der Waals surface area contributed by atoms with Crippen LogP contribution >= 0.6 is 0 Å². The van der Waals surface area contributed by atoms with Gasteiger partial charge in [0.05, 0.1) is 5.41 Å². The first-order chi connectivity index (χ1) is 33.7. The molecule has 0 unspecified atom stereocenters. The van der Waals surface area contributed by atoms with Gasteiger partial charge in [-0.05, 0) is 126 Å². The van der Waals surface area contributed by atoms with Gasteiger partial charge in [0, 0.05) is 49.4 Å². The molecule has 3 nitrogen and oxygen atoms in total. The summed E-state index contributed by atoms with van der Waals surface area (Å²) in [5.41, 5.74) is 13.9. The summed E-state index contributed by atoms with van der Waals surface area (Å²) < 4.78 is 13.3. The van der Waals surface area contributed by atoms with E-state index in [1.54, 1.807) is 0 Å². The minimum atomic E-state index is -0.545. The fraction of sp³-hybridized carbons (Fsp3) is 0.0154. The second-order valence-electron chi connectivity index (χ2n) is 18.3. The SMILES string of the molecule is c1ccc(C2(c3ccccc3)c3ccccc3-c3ccc(N(c4ccc5c(ccc6ccc7c8ccccc8oc7c65)c4)c4ccc5c(ccc6ccc7c8ccccc8oc7c65)c4)cc32)cc1. The van der Waals surface area contributed by atoms with Crippen LogP contribution in [0.3, 0.4) is 0 Å². The third kappa shape index (κ3) is 5.13. The standard InChI is InChI=1S/C65H39NO2/c1-3-13-44(14-4-1)65(45-15-5-2-6-16-45)57-20-10-7-17-51(57)52-36-31-48(39-58(52)65)66(46-29-34-49-42(37-46)25-23-40-27-32-55-53-18-8-11-21-59(53)67-63(55)61(40)49)47-30-35-50-43(38-47)26-24-41-28-33-56-54-19-9-12-22-60(54)68-64(56)62(41)50/h1-39H. The maximum atomic E-state index is 6.65. The molecule has 1 aliphatic carbocycles. The molecule has 2 heterocycles. The maximum absolute atomic E-state index is 6.65. The first-order valence-electron chi connectivity index (χ1n) is 23.4. The van der Waals surface area contributed by atoms with Crippen molar-refractivity contribution in [2.24, 2.45) is 0 Å². The van der Waals surface area contributed by atoms with Crippen LogP contribution in [0.4, 0.5) is 17.1 Å². The smallest absolute Gasteiger partial charge is 0.143 e. The predicted octanol–water partition coefficient (Wildman–Crippen LogP) is 17.9. The van der Waals surface area contributed by atoms with E-state index in [4.69, 9.17) is 8.83 Å². The molecule has 15 rings (SSSR count). The molecule has 0 fully saturated rings. The van der Waals surface area contributed by atoms with Gasteiger partial charge >= 0.3 is 0 Å². The molecule has 68 heavy (non-hydrogen) atoms. The fourth-order valence-corrected chi connectivity index (χ4v) is 11.9. The van der Waals surface area contributed by atoms with Crippen molar-refractivity contribution >= 4 is 104 Å². The van der Waals surface area contributed by atoms with Crippen LogP contribution in [0.15, 0.2) is 245 Å². The van der Waals surface area contributed by atoms with Crippen molar-refractivity contribution in [2.45, 2.75) is 5.41 Å². The molecule has 1 aliphatic rings. The summed E-state index contributed by atoms with van der Waals surface area (Å²) in [6.45, 7) is 0. The van der Waals surface area contributed by atoms with E-state index in [0.717, 1.165) is 104 Å². The van der Waals surface area contributed by atoms with Gasteiger partial charge < -0.3 is 13.7 Å². The molecular formula is C65H39NO2. The summed E-state index contributed by atoms with van der Waals surface area (Å²) >= 11 is 0. The average Bonchev–Trinajstić information content (AvgIpc) is 4.07. The lowest BCUT2D eigenvalue weighted by atomic mass is 9.67. The molecule has 14 aromatic rings. The highest BCUT2D eigenvalue weighted by Gasteiger charge is 2.46. The molecule has 0 N–H and O–H groups in total. The van der Waals surface area contributed by atoms with Crippen molar-refractivity contribution in [2.75, 3.05) is 4.90 Å². The molecule has 3 heteroatoms. The third-order valence-electron chi connectivity index (χ3n) is 14.9. The van der Waals surface area contributed by atoms with Gasteiger partial charge in [-0.2, -0.15) is 0 Å². The Kier molecular flexibility index (Phi) is 7.71. The van der Waals surface area contributed by atoms with Crippen LogP contribution in [0.1, 0.15) is 22.3 Å². The van der Waals surface area contributed by atoms with E-state index in [1.165, 1.54) is 33.4 Å². The van der Waals surface area contributed by atoms with Gasteiger partial charge in [-0.25, -0.2) is 0 Å². The molecule has 0 radical (unpaired) electrons. The van der Waals surface area contributed by atoms with Gasteiger partial charge in [-0.3, -0.25) is 0 Å². The molecule has 0 bridgehead atoms. The summed E-state index contributed by atoms with van der Waals surface area (Å²) in [5, 5.41) is 13.7. The summed E-state index contributed by atoms with van der Waals surface area (Å²) in [6, 6.07) is 86.6. The van der Waals surface area contributed by atoms with Crippen LogP contribution in [0, 0.1) is 0 Å². The van der Waals surface area contributed by atoms with Gasteiger partial charge in [0.1, 0.15) is 22.3 Å². The van der Waals surface area contributed by atoms with Crippen LogP contribution in [0.25, 0.3) is 98.1 Å². The average molecular weight is 866 g/mol. The highest BCUT2D eigenvalue weighted by atomic mass is 16.3. The Morgan fingerprint density at radius 3 is 1.29 bits per heavy atom. The van der Waals surface area contributed by atoms with Crippen LogP contribution < -0.4 is 4.90 Å². The highest BCUT2D eigenvalue weighted by molar-refractivity contribution is 6.25. The van der Waals surface area contributed by atoms with E-state index in [2.05, 4.69) is 229 Å². The molecule has 0 saturated carbocycles. The third-order valence-corrected chi connectivity index (χ3v) is 14.9. The van der Waals surface area contributed by atoms with Crippen molar-refractivity contribution in [1.29, 1.82) is 0 Å². The molecule has 2 aromatic heterocycles. The van der Waals surface area contributed by atoms with Gasteiger partial charge in [-0.15, -0.1) is 0 Å². The number of hydrogen-bond acceptors (Lipinski definition) is 3. The first kappa shape index (κ1) is 37.3. The van der Waals surface area contributed by atoms with E-state index < -0.39 is 5.41 Å². The number of fused-ring (bicyclic) bond motifs is 17. The van der Waals surface area contributed by atoms with E-state index in [0.29, 0.717) is 0 Å². The van der Waals surface area contributed by atoms with Crippen molar-refractivity contribution < 1.29 is 8.83 Å². The summed E-state index contributed by atoms with van der Waals surface area (Å²) in [7, 11) is 0. The van der Waals surface area contributed by atoms with Gasteiger partial charge in [0.25, 0.3) is 0 Å². The number of para-hydroxylation sites is 2. The molecular weight excluding hydrogens is 827 g/mol. The zero-order chi connectivity index (χ0) is 44.5. The number of furan rings is 2. The Hall–Kier alpha value is -8.92.